The van der Waals surface area contributed by atoms with E-state index in [1.807, 2.05) is 20.8 Å². The van der Waals surface area contributed by atoms with Gasteiger partial charge >= 0.3 is 17.9 Å². The Morgan fingerprint density at radius 2 is 0.773 bits per heavy atom. The highest BCUT2D eigenvalue weighted by atomic mass is 16.4. The van der Waals surface area contributed by atoms with Crippen LogP contribution in [0.15, 0.2) is 12.2 Å². The molecule has 0 bridgehead atoms. The Balaban J connectivity index is 4.60. The van der Waals surface area contributed by atoms with Crippen LogP contribution in [0.3, 0.4) is 0 Å². The molecule has 7 heteroatoms. The number of rotatable bonds is 32. The SMILES string of the molecule is CCCCCCCCCCCC/C=C/CCCCCCCC[N+](CC(CC)C(=O)O)(CC(CC)C(=O)O)CC(CC)C(=O)O. The number of hydrogen-bond acceptors (Lipinski definition) is 3. The number of unbranched alkanes of at least 4 members (excludes halogenated alkanes) is 16. The summed E-state index contributed by atoms with van der Waals surface area (Å²) in [5, 5.41) is 29.5. The van der Waals surface area contributed by atoms with Crippen molar-refractivity contribution in [3.63, 3.8) is 0 Å². The van der Waals surface area contributed by atoms with Crippen LogP contribution in [0.5, 0.6) is 0 Å². The van der Waals surface area contributed by atoms with Gasteiger partial charge in [0.15, 0.2) is 0 Å². The highest BCUT2D eigenvalue weighted by molar-refractivity contribution is 5.71. The Hall–Kier alpha value is -1.89. The molecule has 0 spiro atoms. The van der Waals surface area contributed by atoms with Gasteiger partial charge in [-0.15, -0.1) is 0 Å². The zero-order valence-corrected chi connectivity index (χ0v) is 29.1. The predicted molar refractivity (Wildman–Crippen MR) is 182 cm³/mol. The van der Waals surface area contributed by atoms with Crippen LogP contribution >= 0.6 is 0 Å². The third-order valence-corrected chi connectivity index (χ3v) is 9.49. The van der Waals surface area contributed by atoms with E-state index in [1.165, 1.54) is 83.5 Å². The molecule has 0 radical (unpaired) electrons. The number of hydrogen-bond donors (Lipinski definition) is 3. The molecule has 0 rings (SSSR count). The number of quaternary nitrogens is 1. The summed E-state index contributed by atoms with van der Waals surface area (Å²) in [5.74, 6) is -4.53. The maximum absolute atomic E-state index is 12.0. The summed E-state index contributed by atoms with van der Waals surface area (Å²) in [5.41, 5.74) is 0. The lowest BCUT2D eigenvalue weighted by atomic mass is 9.95. The molecule has 3 unspecified atom stereocenters. The van der Waals surface area contributed by atoms with Crippen molar-refractivity contribution < 1.29 is 34.2 Å². The average Bonchev–Trinajstić information content (AvgIpc) is 2.99. The summed E-state index contributed by atoms with van der Waals surface area (Å²) in [6.07, 6.45) is 28.5. The van der Waals surface area contributed by atoms with Gasteiger partial charge in [-0.3, -0.25) is 14.4 Å². The highest BCUT2D eigenvalue weighted by Crippen LogP contribution is 2.25. The van der Waals surface area contributed by atoms with Gasteiger partial charge in [0.25, 0.3) is 0 Å². The molecule has 0 saturated heterocycles. The Kier molecular flexibility index (Phi) is 26.2. The Labute approximate surface area is 270 Å². The van der Waals surface area contributed by atoms with Crippen molar-refractivity contribution in [1.82, 2.24) is 0 Å². The second kappa shape index (κ2) is 27.4. The van der Waals surface area contributed by atoms with E-state index in [2.05, 4.69) is 19.1 Å². The minimum absolute atomic E-state index is 0.254. The van der Waals surface area contributed by atoms with Gasteiger partial charge in [0.1, 0.15) is 17.8 Å². The molecule has 44 heavy (non-hydrogen) atoms. The van der Waals surface area contributed by atoms with Gasteiger partial charge < -0.3 is 19.8 Å². The quantitative estimate of drug-likeness (QED) is 0.0390. The van der Waals surface area contributed by atoms with Crippen LogP contribution in [0.4, 0.5) is 0 Å². The minimum atomic E-state index is -0.890. The van der Waals surface area contributed by atoms with Gasteiger partial charge in [0.05, 0.1) is 26.2 Å². The van der Waals surface area contributed by atoms with Crippen molar-refractivity contribution in [1.29, 1.82) is 0 Å². The van der Waals surface area contributed by atoms with Crippen molar-refractivity contribution in [3.05, 3.63) is 12.2 Å². The molecule has 3 atom stereocenters. The van der Waals surface area contributed by atoms with Crippen LogP contribution in [0.2, 0.25) is 0 Å². The maximum Gasteiger partial charge on any atom is 0.312 e. The molecule has 7 nitrogen and oxygen atoms in total. The first kappa shape index (κ1) is 42.1. The monoisotopic (exact) mass is 625 g/mol. The number of carboxylic acid groups (broad SMARTS) is 3. The predicted octanol–water partition coefficient (Wildman–Crippen LogP) is 9.73. The zero-order valence-electron chi connectivity index (χ0n) is 29.1. The number of carboxylic acids is 3. The highest BCUT2D eigenvalue weighted by Gasteiger charge is 2.40. The standard InChI is InChI=1S/C37H69NO6/c1-5-9-10-11-12-13-14-15-16-17-18-19-20-21-22-23-24-25-26-27-28-38(29-32(6-2)35(39)40,30-33(7-3)36(41)42)31-34(8-4)37(43)44/h19-20,32-34H,5-18,21-31H2,1-4H3,(H2-,39,40,41,42,43,44)/p+1/b20-19+. The Bertz CT molecular complexity index is 707. The van der Waals surface area contributed by atoms with Crippen LogP contribution in [-0.4, -0.2) is 63.9 Å². The summed E-state index contributed by atoms with van der Waals surface area (Å²) in [7, 11) is 0. The van der Waals surface area contributed by atoms with E-state index in [-0.39, 0.29) is 24.1 Å². The van der Waals surface area contributed by atoms with Gasteiger partial charge in [-0.05, 0) is 57.8 Å². The summed E-state index contributed by atoms with van der Waals surface area (Å²) in [6.45, 7) is 9.25. The third kappa shape index (κ3) is 21.0. The van der Waals surface area contributed by atoms with Crippen LogP contribution in [-0.2, 0) is 14.4 Å². The van der Waals surface area contributed by atoms with Crippen molar-refractivity contribution in [2.24, 2.45) is 17.8 Å². The maximum atomic E-state index is 12.0. The Morgan fingerprint density at radius 3 is 1.07 bits per heavy atom. The molecule has 3 N–H and O–H groups in total. The van der Waals surface area contributed by atoms with E-state index in [4.69, 9.17) is 0 Å². The van der Waals surface area contributed by atoms with Crippen molar-refractivity contribution in [2.45, 2.75) is 163 Å². The second-order valence-corrected chi connectivity index (χ2v) is 13.3. The lowest BCUT2D eigenvalue weighted by Crippen LogP contribution is -2.58. The average molecular weight is 625 g/mol. The molecule has 0 aliphatic heterocycles. The fourth-order valence-corrected chi connectivity index (χ4v) is 6.45. The molecule has 0 aliphatic rings. The van der Waals surface area contributed by atoms with Crippen LogP contribution in [0.25, 0.3) is 0 Å². The normalized spacial score (nSPS) is 15.2. The van der Waals surface area contributed by atoms with E-state index in [1.54, 1.807) is 0 Å². The van der Waals surface area contributed by atoms with Crippen molar-refractivity contribution >= 4 is 17.9 Å². The fraction of sp³-hybridized carbons (Fsp3) is 0.865. The lowest BCUT2D eigenvalue weighted by Gasteiger charge is -2.43. The first-order valence-corrected chi connectivity index (χ1v) is 18.3. The second-order valence-electron chi connectivity index (χ2n) is 13.3. The summed E-state index contributed by atoms with van der Waals surface area (Å²) in [4.78, 5) is 36.0. The number of nitrogens with zero attached hydrogens (tertiary/aromatic N) is 1. The first-order valence-electron chi connectivity index (χ1n) is 18.3. The minimum Gasteiger partial charge on any atom is -0.481 e. The van der Waals surface area contributed by atoms with E-state index in [9.17, 15) is 29.7 Å². The van der Waals surface area contributed by atoms with E-state index in [0.29, 0.717) is 25.8 Å². The van der Waals surface area contributed by atoms with Gasteiger partial charge in [-0.1, -0.05) is 117 Å². The van der Waals surface area contributed by atoms with E-state index in [0.717, 1.165) is 32.1 Å². The number of carbonyl (C=O) groups is 3. The van der Waals surface area contributed by atoms with Crippen molar-refractivity contribution in [2.75, 3.05) is 26.2 Å². The summed E-state index contributed by atoms with van der Waals surface area (Å²) in [6, 6.07) is 0. The van der Waals surface area contributed by atoms with Gasteiger partial charge in [-0.2, -0.15) is 0 Å². The molecule has 0 aromatic heterocycles. The van der Waals surface area contributed by atoms with E-state index >= 15 is 0 Å². The number of aliphatic carboxylic acids is 3. The van der Waals surface area contributed by atoms with Crippen LogP contribution in [0.1, 0.15) is 163 Å². The fourth-order valence-electron chi connectivity index (χ4n) is 6.45. The molecule has 0 fully saturated rings. The molecular weight excluding hydrogens is 554 g/mol. The lowest BCUT2D eigenvalue weighted by molar-refractivity contribution is -0.935. The molecule has 0 aromatic carbocycles. The van der Waals surface area contributed by atoms with Crippen molar-refractivity contribution in [3.8, 4) is 0 Å². The molecule has 0 aromatic rings. The largest absolute Gasteiger partial charge is 0.481 e. The molecular formula is C37H70NO6+. The smallest absolute Gasteiger partial charge is 0.312 e. The first-order chi connectivity index (χ1) is 21.2. The molecule has 0 aliphatic carbocycles. The van der Waals surface area contributed by atoms with Gasteiger partial charge in [-0.25, -0.2) is 0 Å². The number of allylic oxidation sites excluding steroid dienone is 2. The van der Waals surface area contributed by atoms with Gasteiger partial charge in [0.2, 0.25) is 0 Å². The molecule has 258 valence electrons. The van der Waals surface area contributed by atoms with E-state index < -0.39 is 35.7 Å². The Morgan fingerprint density at radius 1 is 0.477 bits per heavy atom. The molecule has 0 heterocycles. The molecule has 0 saturated carbocycles. The summed E-state index contributed by atoms with van der Waals surface area (Å²) >= 11 is 0. The summed E-state index contributed by atoms with van der Waals surface area (Å²) < 4.78 is 0.254. The topological polar surface area (TPSA) is 112 Å². The van der Waals surface area contributed by atoms with Crippen LogP contribution < -0.4 is 0 Å². The molecule has 0 amide bonds. The van der Waals surface area contributed by atoms with Gasteiger partial charge in [0, 0.05) is 0 Å². The third-order valence-electron chi connectivity index (χ3n) is 9.49. The zero-order chi connectivity index (χ0) is 33.1. The van der Waals surface area contributed by atoms with Crippen LogP contribution in [0, 0.1) is 17.8 Å².